The van der Waals surface area contributed by atoms with Crippen molar-refractivity contribution in [3.8, 4) is 11.1 Å². The molecule has 0 nitrogen and oxygen atoms in total. The minimum absolute atomic E-state index is 0. The maximum Gasteiger partial charge on any atom is 2.00 e. The van der Waals surface area contributed by atoms with Crippen LogP contribution in [0.2, 0.25) is 0 Å². The third-order valence-electron chi connectivity index (χ3n) is 7.96. The number of hydrogen-bond donors (Lipinski definition) is 0. The number of rotatable bonds is 1. The van der Waals surface area contributed by atoms with Gasteiger partial charge in [0.2, 0.25) is 0 Å². The monoisotopic (exact) mass is 454 g/mol. The van der Waals surface area contributed by atoms with Gasteiger partial charge in [-0.3, -0.25) is 6.08 Å². The molecule has 144 valence electrons. The Hall–Kier alpha value is -1.20. The molecule has 6 aliphatic rings. The van der Waals surface area contributed by atoms with E-state index in [-0.39, 0.29) is 26.2 Å². The molecular formula is C28H28Zr. The molecule has 8 rings (SSSR count). The van der Waals surface area contributed by atoms with Gasteiger partial charge < -0.3 is 0 Å². The number of allylic oxidation sites excluding steroid dienone is 4. The number of fused-ring (bicyclic) bond motifs is 3. The van der Waals surface area contributed by atoms with Crippen molar-refractivity contribution < 1.29 is 26.2 Å². The van der Waals surface area contributed by atoms with Gasteiger partial charge in [-0.1, -0.05) is 60.1 Å². The molecule has 2 aromatic carbocycles. The zero-order chi connectivity index (χ0) is 18.6. The van der Waals surface area contributed by atoms with Crippen LogP contribution in [-0.2, 0) is 32.6 Å². The van der Waals surface area contributed by atoms with Gasteiger partial charge in [-0.15, -0.1) is 12.0 Å². The Bertz CT molecular complexity index is 885. The summed E-state index contributed by atoms with van der Waals surface area (Å²) in [5, 5.41) is 0. The summed E-state index contributed by atoms with van der Waals surface area (Å²) in [6.07, 6.45) is 19.4. The van der Waals surface area contributed by atoms with E-state index in [0.29, 0.717) is 5.41 Å². The van der Waals surface area contributed by atoms with Crippen LogP contribution in [0.1, 0.15) is 56.1 Å². The van der Waals surface area contributed by atoms with Gasteiger partial charge in [-0.2, -0.15) is 41.5 Å². The van der Waals surface area contributed by atoms with Crippen molar-refractivity contribution in [1.29, 1.82) is 0 Å². The van der Waals surface area contributed by atoms with Crippen LogP contribution in [0.4, 0.5) is 0 Å². The molecule has 4 saturated carbocycles. The second-order valence-corrected chi connectivity index (χ2v) is 9.81. The van der Waals surface area contributed by atoms with Crippen LogP contribution >= 0.6 is 0 Å². The molecule has 0 amide bonds. The first-order valence-corrected chi connectivity index (χ1v) is 11.1. The van der Waals surface area contributed by atoms with Crippen LogP contribution in [0.5, 0.6) is 0 Å². The van der Waals surface area contributed by atoms with Crippen LogP contribution in [0.15, 0.2) is 60.2 Å². The minimum Gasteiger partial charge on any atom is -0.273 e. The second-order valence-electron chi connectivity index (χ2n) is 9.81. The molecule has 0 spiro atoms. The Morgan fingerprint density at radius 3 is 2.21 bits per heavy atom. The van der Waals surface area contributed by atoms with Crippen molar-refractivity contribution in [2.75, 3.05) is 0 Å². The Kier molecular flexibility index (Phi) is 5.32. The molecule has 0 aliphatic heterocycles. The summed E-state index contributed by atoms with van der Waals surface area (Å²) in [6.45, 7) is 0. The van der Waals surface area contributed by atoms with Crippen molar-refractivity contribution in [3.05, 3.63) is 83.5 Å². The fraction of sp³-hybridized carbons (Fsp3) is 0.429. The second kappa shape index (κ2) is 7.81. The molecule has 4 bridgehead atoms. The quantitative estimate of drug-likeness (QED) is 0.348. The van der Waals surface area contributed by atoms with Crippen molar-refractivity contribution in [3.63, 3.8) is 0 Å². The molecule has 6 aliphatic carbocycles. The summed E-state index contributed by atoms with van der Waals surface area (Å²) in [5.41, 5.74) is 7.80. The van der Waals surface area contributed by atoms with E-state index in [1.165, 1.54) is 41.5 Å². The first-order valence-electron chi connectivity index (χ1n) is 11.1. The van der Waals surface area contributed by atoms with Gasteiger partial charge in [0.25, 0.3) is 0 Å². The maximum absolute atomic E-state index is 3.38. The normalized spacial score (nSPS) is 32.0. The van der Waals surface area contributed by atoms with E-state index < -0.39 is 0 Å². The number of hydrogen-bond acceptors (Lipinski definition) is 0. The average molecular weight is 456 g/mol. The summed E-state index contributed by atoms with van der Waals surface area (Å²) >= 11 is 0. The summed E-state index contributed by atoms with van der Waals surface area (Å²) in [7, 11) is 0. The van der Waals surface area contributed by atoms with Crippen molar-refractivity contribution >= 4 is 0 Å². The summed E-state index contributed by atoms with van der Waals surface area (Å²) < 4.78 is 0. The zero-order valence-corrected chi connectivity index (χ0v) is 19.5. The van der Waals surface area contributed by atoms with Crippen LogP contribution in [0, 0.1) is 35.3 Å². The first-order chi connectivity index (χ1) is 13.8. The first kappa shape index (κ1) is 19.7. The van der Waals surface area contributed by atoms with E-state index in [1.807, 2.05) is 6.07 Å². The van der Waals surface area contributed by atoms with E-state index in [0.717, 1.165) is 30.6 Å². The summed E-state index contributed by atoms with van der Waals surface area (Å²) in [5.74, 6) is 3.23. The molecule has 0 N–H and O–H groups in total. The van der Waals surface area contributed by atoms with E-state index in [9.17, 15) is 0 Å². The van der Waals surface area contributed by atoms with Crippen LogP contribution < -0.4 is 0 Å². The molecule has 0 saturated heterocycles. The molecule has 1 heteroatoms. The molecule has 29 heavy (non-hydrogen) atoms. The van der Waals surface area contributed by atoms with Gasteiger partial charge in [0, 0.05) is 0 Å². The van der Waals surface area contributed by atoms with E-state index in [4.69, 9.17) is 0 Å². The van der Waals surface area contributed by atoms with Gasteiger partial charge in [-0.05, 0) is 43.4 Å². The molecule has 0 heterocycles. The maximum atomic E-state index is 3.38. The van der Waals surface area contributed by atoms with E-state index in [2.05, 4.69) is 60.7 Å². The van der Waals surface area contributed by atoms with Crippen molar-refractivity contribution in [1.82, 2.24) is 0 Å². The average Bonchev–Trinajstić information content (AvgIpc) is 3.36. The summed E-state index contributed by atoms with van der Waals surface area (Å²) in [6, 6.07) is 18.1. The topological polar surface area (TPSA) is 0 Å². The van der Waals surface area contributed by atoms with Crippen molar-refractivity contribution in [2.45, 2.75) is 51.4 Å². The van der Waals surface area contributed by atoms with Crippen LogP contribution in [-0.4, -0.2) is 0 Å². The van der Waals surface area contributed by atoms with Crippen LogP contribution in [0.3, 0.4) is 0 Å². The van der Waals surface area contributed by atoms with Gasteiger partial charge >= 0.3 is 26.2 Å². The Morgan fingerprint density at radius 1 is 0.828 bits per heavy atom. The van der Waals surface area contributed by atoms with Gasteiger partial charge in [-0.25, -0.2) is 6.08 Å². The zero-order valence-electron chi connectivity index (χ0n) is 17.1. The Balaban J connectivity index is 0.000000122. The molecule has 0 atom stereocenters. The Labute approximate surface area is 194 Å². The van der Waals surface area contributed by atoms with Crippen molar-refractivity contribution in [2.24, 2.45) is 23.2 Å². The summed E-state index contributed by atoms with van der Waals surface area (Å²) in [4.78, 5) is 0. The Morgan fingerprint density at radius 2 is 1.52 bits per heavy atom. The molecule has 4 fully saturated rings. The smallest absolute Gasteiger partial charge is 0.273 e. The van der Waals surface area contributed by atoms with E-state index >= 15 is 0 Å². The molecule has 0 radical (unpaired) electrons. The minimum atomic E-state index is 0. The SMILES string of the molecule is [C-]1=CC(C23CC4CC(CC(C4)C2)C3)=CC1.[Zr+2].[c-]1cccc2c1Cc1ccccc1-2. The molecule has 0 unspecified atom stereocenters. The third kappa shape index (κ3) is 3.48. The van der Waals surface area contributed by atoms with Gasteiger partial charge in [0.15, 0.2) is 0 Å². The molecule has 0 aromatic heterocycles. The number of benzene rings is 2. The predicted molar refractivity (Wildman–Crippen MR) is 115 cm³/mol. The fourth-order valence-corrected chi connectivity index (χ4v) is 7.23. The van der Waals surface area contributed by atoms with E-state index in [1.54, 1.807) is 24.8 Å². The molecular weight excluding hydrogens is 428 g/mol. The van der Waals surface area contributed by atoms with Gasteiger partial charge in [0.05, 0.1) is 0 Å². The standard InChI is InChI=1S/C15H19.C13H9.Zr/c1-2-4-14(3-1)15-8-11-5-12(9-15)7-13(6-11)10-15;1-3-7-12-10(5-1)9-11-6-2-4-8-13(11)12;/h3-4,11-13H,1,5-10H2;1-5,7-8H,9H2;/q2*-1;+2. The van der Waals surface area contributed by atoms with Crippen LogP contribution in [0.25, 0.3) is 11.1 Å². The van der Waals surface area contributed by atoms with Gasteiger partial charge in [0.1, 0.15) is 0 Å². The third-order valence-corrected chi connectivity index (χ3v) is 7.96. The fourth-order valence-electron chi connectivity index (χ4n) is 7.23. The predicted octanol–water partition coefficient (Wildman–Crippen LogP) is 6.95. The largest absolute Gasteiger partial charge is 2.00 e. The molecule has 2 aromatic rings.